The molecule has 0 bridgehead atoms. The van der Waals surface area contributed by atoms with Crippen LogP contribution in [0.1, 0.15) is 16.8 Å². The molecule has 2 aromatic heterocycles. The number of methoxy groups -OCH3 is 1. The van der Waals surface area contributed by atoms with Gasteiger partial charge in [-0.3, -0.25) is 9.69 Å². The summed E-state index contributed by atoms with van der Waals surface area (Å²) in [5.74, 6) is -0.211. The highest BCUT2D eigenvalue weighted by Gasteiger charge is 2.23. The summed E-state index contributed by atoms with van der Waals surface area (Å²) in [4.78, 5) is 21.8. The Hall–Kier alpha value is -3.13. The second-order valence-electron chi connectivity index (χ2n) is 6.41. The zero-order chi connectivity index (χ0) is 19.0. The van der Waals surface area contributed by atoms with Gasteiger partial charge < -0.3 is 19.2 Å². The number of halogens is 1. The molecule has 0 saturated carbocycles. The number of benzene rings is 1. The smallest absolute Gasteiger partial charge is 0.256 e. The van der Waals surface area contributed by atoms with Crippen LogP contribution in [-0.4, -0.2) is 33.6 Å². The summed E-state index contributed by atoms with van der Waals surface area (Å²) in [5, 5.41) is 9.62. The highest BCUT2D eigenvalue weighted by molar-refractivity contribution is 5.47. The van der Waals surface area contributed by atoms with Crippen LogP contribution in [0.25, 0.3) is 11.6 Å². The Balaban J connectivity index is 1.57. The van der Waals surface area contributed by atoms with E-state index in [1.165, 1.54) is 19.4 Å². The molecule has 0 aliphatic carbocycles. The van der Waals surface area contributed by atoms with E-state index in [1.54, 1.807) is 18.2 Å². The maximum absolute atomic E-state index is 13.8. The first-order valence-corrected chi connectivity index (χ1v) is 8.49. The molecule has 3 aromatic rings. The zero-order valence-electron chi connectivity index (χ0n) is 14.7. The molecule has 4 rings (SSSR count). The number of nitrogens with zero attached hydrogens (tertiary/aromatic N) is 2. The van der Waals surface area contributed by atoms with Crippen LogP contribution in [0.4, 0.5) is 4.39 Å². The van der Waals surface area contributed by atoms with Gasteiger partial charge in [0.05, 0.1) is 24.6 Å². The van der Waals surface area contributed by atoms with E-state index in [-0.39, 0.29) is 11.3 Å². The number of furan rings is 1. The second-order valence-corrected chi connectivity index (χ2v) is 6.41. The van der Waals surface area contributed by atoms with Crippen molar-refractivity contribution in [1.29, 1.82) is 0 Å². The molecular formula is C19H18FN3O4. The molecule has 0 amide bonds. The number of aromatic nitrogens is 2. The molecule has 0 spiro atoms. The summed E-state index contributed by atoms with van der Waals surface area (Å²) in [5.41, 5.74) is 1.80. The van der Waals surface area contributed by atoms with Gasteiger partial charge in [0.15, 0.2) is 28.9 Å². The van der Waals surface area contributed by atoms with Crippen LogP contribution in [0, 0.1) is 5.82 Å². The van der Waals surface area contributed by atoms with Crippen LogP contribution in [-0.2, 0) is 19.5 Å². The minimum Gasteiger partial charge on any atom is -0.502 e. The van der Waals surface area contributed by atoms with Crippen LogP contribution in [0.15, 0.2) is 39.7 Å². The Kier molecular flexibility index (Phi) is 4.41. The summed E-state index contributed by atoms with van der Waals surface area (Å²) >= 11 is 0. The van der Waals surface area contributed by atoms with Crippen molar-refractivity contribution in [3.8, 4) is 23.1 Å². The highest BCUT2D eigenvalue weighted by atomic mass is 19.1. The van der Waals surface area contributed by atoms with Gasteiger partial charge in [-0.15, -0.1) is 0 Å². The van der Waals surface area contributed by atoms with Crippen molar-refractivity contribution in [3.63, 3.8) is 0 Å². The van der Waals surface area contributed by atoms with Crippen molar-refractivity contribution in [2.45, 2.75) is 19.5 Å². The Bertz CT molecular complexity index is 1030. The van der Waals surface area contributed by atoms with Gasteiger partial charge in [0, 0.05) is 26.1 Å². The summed E-state index contributed by atoms with van der Waals surface area (Å²) in [6, 6.07) is 6.35. The number of hydrogen-bond acceptors (Lipinski definition) is 6. The van der Waals surface area contributed by atoms with E-state index in [0.29, 0.717) is 48.8 Å². The largest absolute Gasteiger partial charge is 0.502 e. The van der Waals surface area contributed by atoms with Gasteiger partial charge in [0.1, 0.15) is 0 Å². The van der Waals surface area contributed by atoms with E-state index >= 15 is 0 Å². The fourth-order valence-corrected chi connectivity index (χ4v) is 3.28. The predicted octanol–water partition coefficient (Wildman–Crippen LogP) is 2.44. The maximum Gasteiger partial charge on any atom is 0.256 e. The Morgan fingerprint density at radius 3 is 3.04 bits per heavy atom. The SMILES string of the molecule is COc1cc(CN2CCc3nc(-c4ccco4)[nH]c(=O)c3C2)cc(F)c1O. The molecule has 0 saturated heterocycles. The summed E-state index contributed by atoms with van der Waals surface area (Å²) in [7, 11) is 1.37. The lowest BCUT2D eigenvalue weighted by Crippen LogP contribution is -2.35. The number of phenolic OH excluding ortho intramolecular Hbond substituents is 1. The summed E-state index contributed by atoms with van der Waals surface area (Å²) in [6.07, 6.45) is 2.13. The molecule has 0 unspecified atom stereocenters. The fourth-order valence-electron chi connectivity index (χ4n) is 3.28. The first-order chi connectivity index (χ1) is 13.0. The van der Waals surface area contributed by atoms with Crippen molar-refractivity contribution in [1.82, 2.24) is 14.9 Å². The van der Waals surface area contributed by atoms with Crippen molar-refractivity contribution in [2.24, 2.45) is 0 Å². The van der Waals surface area contributed by atoms with Crippen LogP contribution < -0.4 is 10.3 Å². The lowest BCUT2D eigenvalue weighted by Gasteiger charge is -2.27. The topological polar surface area (TPSA) is 91.6 Å². The van der Waals surface area contributed by atoms with Gasteiger partial charge in [0.25, 0.3) is 5.56 Å². The molecule has 27 heavy (non-hydrogen) atoms. The van der Waals surface area contributed by atoms with Gasteiger partial charge in [-0.1, -0.05) is 0 Å². The standard InChI is InChI=1S/C19H18FN3O4/c1-26-16-8-11(7-13(20)17(16)24)9-23-5-4-14-12(10-23)19(25)22-18(21-14)15-3-2-6-27-15/h2-3,6-8,24H,4-5,9-10H2,1H3,(H,21,22,25). The van der Waals surface area contributed by atoms with Gasteiger partial charge in [0.2, 0.25) is 0 Å². The Morgan fingerprint density at radius 1 is 1.44 bits per heavy atom. The van der Waals surface area contributed by atoms with Gasteiger partial charge >= 0.3 is 0 Å². The van der Waals surface area contributed by atoms with Crippen LogP contribution in [0.3, 0.4) is 0 Å². The van der Waals surface area contributed by atoms with E-state index in [0.717, 1.165) is 5.69 Å². The number of nitrogens with one attached hydrogen (secondary N) is 1. The Labute approximate surface area is 154 Å². The molecule has 1 aromatic carbocycles. The molecule has 8 heteroatoms. The van der Waals surface area contributed by atoms with Crippen LogP contribution in [0.2, 0.25) is 0 Å². The number of hydrogen-bond donors (Lipinski definition) is 2. The fraction of sp³-hybridized carbons (Fsp3) is 0.263. The van der Waals surface area contributed by atoms with Gasteiger partial charge in [-0.2, -0.15) is 0 Å². The molecule has 3 heterocycles. The number of fused-ring (bicyclic) bond motifs is 1. The number of aromatic hydroxyl groups is 1. The van der Waals surface area contributed by atoms with E-state index in [2.05, 4.69) is 9.97 Å². The normalized spacial score (nSPS) is 14.1. The minimum atomic E-state index is -0.732. The third kappa shape index (κ3) is 3.31. The monoisotopic (exact) mass is 371 g/mol. The number of rotatable bonds is 4. The third-order valence-electron chi connectivity index (χ3n) is 4.62. The molecule has 2 N–H and O–H groups in total. The van der Waals surface area contributed by atoms with Crippen molar-refractivity contribution >= 4 is 0 Å². The van der Waals surface area contributed by atoms with Crippen molar-refractivity contribution in [3.05, 3.63) is 63.5 Å². The molecule has 0 atom stereocenters. The maximum atomic E-state index is 13.8. The van der Waals surface area contributed by atoms with Gasteiger partial charge in [-0.25, -0.2) is 9.37 Å². The van der Waals surface area contributed by atoms with Crippen LogP contribution in [0.5, 0.6) is 11.5 Å². The van der Waals surface area contributed by atoms with E-state index in [9.17, 15) is 14.3 Å². The molecule has 0 fully saturated rings. The van der Waals surface area contributed by atoms with E-state index in [1.807, 2.05) is 4.90 Å². The molecule has 0 radical (unpaired) electrons. The number of H-pyrrole nitrogens is 1. The first-order valence-electron chi connectivity index (χ1n) is 8.49. The zero-order valence-corrected chi connectivity index (χ0v) is 14.7. The summed E-state index contributed by atoms with van der Waals surface area (Å²) < 4.78 is 24.1. The second kappa shape index (κ2) is 6.88. The quantitative estimate of drug-likeness (QED) is 0.732. The molecule has 1 aliphatic rings. The molecule has 1 aliphatic heterocycles. The molecule has 140 valence electrons. The van der Waals surface area contributed by atoms with Crippen molar-refractivity contribution in [2.75, 3.05) is 13.7 Å². The third-order valence-corrected chi connectivity index (χ3v) is 4.62. The number of ether oxygens (including phenoxy) is 1. The highest BCUT2D eigenvalue weighted by Crippen LogP contribution is 2.31. The lowest BCUT2D eigenvalue weighted by molar-refractivity contribution is 0.240. The minimum absolute atomic E-state index is 0.0880. The van der Waals surface area contributed by atoms with E-state index in [4.69, 9.17) is 9.15 Å². The summed E-state index contributed by atoms with van der Waals surface area (Å²) in [6.45, 7) is 1.50. The van der Waals surface area contributed by atoms with Crippen molar-refractivity contribution < 1.29 is 18.7 Å². The average Bonchev–Trinajstić information content (AvgIpc) is 3.19. The molecule has 7 nitrogen and oxygen atoms in total. The predicted molar refractivity (Wildman–Crippen MR) is 95.0 cm³/mol. The van der Waals surface area contributed by atoms with Gasteiger partial charge in [-0.05, 0) is 29.8 Å². The number of phenols is 1. The van der Waals surface area contributed by atoms with E-state index < -0.39 is 11.6 Å². The van der Waals surface area contributed by atoms with Crippen LogP contribution >= 0.6 is 0 Å². The Morgan fingerprint density at radius 2 is 2.30 bits per heavy atom. The lowest BCUT2D eigenvalue weighted by atomic mass is 10.1. The molecular weight excluding hydrogens is 353 g/mol. The number of aromatic amines is 1. The average molecular weight is 371 g/mol. The first kappa shape index (κ1) is 17.3.